The van der Waals surface area contributed by atoms with E-state index in [-0.39, 0.29) is 24.9 Å². The molecule has 6 nitrogen and oxygen atoms in total. The molecule has 3 rings (SSSR count). The number of amides is 1. The van der Waals surface area contributed by atoms with Crippen LogP contribution in [-0.2, 0) is 11.3 Å². The third-order valence-electron chi connectivity index (χ3n) is 4.97. The zero-order valence-corrected chi connectivity index (χ0v) is 17.1. The van der Waals surface area contributed by atoms with Gasteiger partial charge in [0.1, 0.15) is 30.0 Å². The first-order chi connectivity index (χ1) is 14.5. The average Bonchev–Trinajstić information content (AvgIpc) is 2.74. The van der Waals surface area contributed by atoms with Crippen LogP contribution >= 0.6 is 0 Å². The number of nitrogens with zero attached hydrogens (tertiary/aromatic N) is 2. The molecule has 0 spiro atoms. The third kappa shape index (κ3) is 5.51. The molecule has 0 saturated carbocycles. The molecule has 1 N–H and O–H groups in total. The summed E-state index contributed by atoms with van der Waals surface area (Å²) in [5, 5.41) is 10.5. The second-order valence-corrected chi connectivity index (χ2v) is 7.17. The van der Waals surface area contributed by atoms with Crippen LogP contribution in [0, 0.1) is 5.82 Å². The zero-order chi connectivity index (χ0) is 21.5. The largest absolute Gasteiger partial charge is 0.497 e. The first-order valence-corrected chi connectivity index (χ1v) is 9.87. The summed E-state index contributed by atoms with van der Waals surface area (Å²) in [7, 11) is 1.59. The quantitative estimate of drug-likeness (QED) is 0.673. The highest BCUT2D eigenvalue weighted by Gasteiger charge is 2.24. The van der Waals surface area contributed by atoms with Gasteiger partial charge in [-0.15, -0.1) is 6.58 Å². The number of anilines is 1. The van der Waals surface area contributed by atoms with Crippen LogP contribution in [0.25, 0.3) is 0 Å². The lowest BCUT2D eigenvalue weighted by Crippen LogP contribution is -2.42. The standard InChI is InChI=1S/C23H27FN2O4/c1-3-11-26-14-17-13-18(24)4-9-22(17)25(12-10-23(26)28)15-19(27)16-30-21-7-5-20(29-2)6-8-21/h3-9,13,19,27H,1,10-12,14-16H2,2H3. The number of halogens is 1. The molecule has 1 unspecified atom stereocenters. The molecule has 0 radical (unpaired) electrons. The van der Waals surface area contributed by atoms with Gasteiger partial charge in [0.25, 0.3) is 0 Å². The van der Waals surface area contributed by atoms with Crippen LogP contribution in [0.15, 0.2) is 55.1 Å². The molecule has 1 aliphatic heterocycles. The van der Waals surface area contributed by atoms with Crippen molar-refractivity contribution >= 4 is 11.6 Å². The lowest BCUT2D eigenvalue weighted by Gasteiger charge is -2.34. The Balaban J connectivity index is 1.70. The van der Waals surface area contributed by atoms with Crippen molar-refractivity contribution < 1.29 is 23.8 Å². The van der Waals surface area contributed by atoms with Gasteiger partial charge in [-0.1, -0.05) is 6.08 Å². The highest BCUT2D eigenvalue weighted by molar-refractivity contribution is 5.78. The normalized spacial score (nSPS) is 15.1. The zero-order valence-electron chi connectivity index (χ0n) is 17.1. The molecule has 2 aromatic rings. The molecule has 7 heteroatoms. The number of carbonyl (C=O) groups is 1. The van der Waals surface area contributed by atoms with Crippen molar-refractivity contribution in [2.24, 2.45) is 0 Å². The minimum absolute atomic E-state index is 0.0289. The van der Waals surface area contributed by atoms with Gasteiger partial charge in [0.15, 0.2) is 0 Å². The monoisotopic (exact) mass is 414 g/mol. The number of carbonyl (C=O) groups excluding carboxylic acids is 1. The van der Waals surface area contributed by atoms with Gasteiger partial charge < -0.3 is 24.4 Å². The van der Waals surface area contributed by atoms with Gasteiger partial charge in [-0.3, -0.25) is 4.79 Å². The van der Waals surface area contributed by atoms with Crippen LogP contribution < -0.4 is 14.4 Å². The maximum absolute atomic E-state index is 13.9. The molecule has 1 atom stereocenters. The fourth-order valence-corrected chi connectivity index (χ4v) is 3.48. The molecule has 0 saturated heterocycles. The fourth-order valence-electron chi connectivity index (χ4n) is 3.48. The Hall–Kier alpha value is -3.06. The van der Waals surface area contributed by atoms with Gasteiger partial charge in [-0.25, -0.2) is 4.39 Å². The van der Waals surface area contributed by atoms with Crippen LogP contribution in [0.3, 0.4) is 0 Å². The second kappa shape index (κ2) is 10.1. The molecule has 2 aromatic carbocycles. The van der Waals surface area contributed by atoms with Gasteiger partial charge >= 0.3 is 0 Å². The number of methoxy groups -OCH3 is 1. The molecule has 160 valence electrons. The molecule has 1 heterocycles. The highest BCUT2D eigenvalue weighted by Crippen LogP contribution is 2.26. The predicted molar refractivity (Wildman–Crippen MR) is 113 cm³/mol. The van der Waals surface area contributed by atoms with Crippen molar-refractivity contribution in [1.29, 1.82) is 0 Å². The maximum atomic E-state index is 13.9. The molecular weight excluding hydrogens is 387 g/mol. The van der Waals surface area contributed by atoms with E-state index in [0.717, 1.165) is 11.4 Å². The van der Waals surface area contributed by atoms with Crippen molar-refractivity contribution in [3.8, 4) is 11.5 Å². The van der Waals surface area contributed by atoms with Gasteiger partial charge in [-0.2, -0.15) is 0 Å². The molecule has 0 aromatic heterocycles. The van der Waals surface area contributed by atoms with Crippen LogP contribution in [0.4, 0.5) is 10.1 Å². The number of aliphatic hydroxyl groups excluding tert-OH is 1. The Kier molecular flexibility index (Phi) is 7.30. The Morgan fingerprint density at radius 1 is 1.20 bits per heavy atom. The minimum Gasteiger partial charge on any atom is -0.497 e. The first-order valence-electron chi connectivity index (χ1n) is 9.87. The number of fused-ring (bicyclic) bond motifs is 1. The van der Waals surface area contributed by atoms with Gasteiger partial charge in [0.05, 0.1) is 7.11 Å². The summed E-state index contributed by atoms with van der Waals surface area (Å²) >= 11 is 0. The van der Waals surface area contributed by atoms with Crippen molar-refractivity contribution in [3.63, 3.8) is 0 Å². The molecule has 0 aliphatic carbocycles. The van der Waals surface area contributed by atoms with E-state index in [1.165, 1.54) is 12.1 Å². The van der Waals surface area contributed by atoms with Gasteiger partial charge in [0, 0.05) is 38.3 Å². The summed E-state index contributed by atoms with van der Waals surface area (Å²) < 4.78 is 24.6. The van der Waals surface area contributed by atoms with E-state index in [1.54, 1.807) is 48.4 Å². The summed E-state index contributed by atoms with van der Waals surface area (Å²) in [6.07, 6.45) is 1.18. The van der Waals surface area contributed by atoms with Crippen LogP contribution in [-0.4, -0.2) is 55.4 Å². The molecule has 30 heavy (non-hydrogen) atoms. The van der Waals surface area contributed by atoms with E-state index in [4.69, 9.17) is 9.47 Å². The SMILES string of the molecule is C=CCN1Cc2cc(F)ccc2N(CC(O)COc2ccc(OC)cc2)CCC1=O. The summed E-state index contributed by atoms with van der Waals surface area (Å²) in [6.45, 7) is 5.18. The Bertz CT molecular complexity index is 872. The summed E-state index contributed by atoms with van der Waals surface area (Å²) in [5.41, 5.74) is 1.51. The molecule has 1 amide bonds. The van der Waals surface area contributed by atoms with Crippen LogP contribution in [0.2, 0.25) is 0 Å². The Morgan fingerprint density at radius 2 is 1.93 bits per heavy atom. The molecule has 0 fully saturated rings. The van der Waals surface area contributed by atoms with Crippen molar-refractivity contribution in [2.75, 3.05) is 38.3 Å². The summed E-state index contributed by atoms with van der Waals surface area (Å²) in [5.74, 6) is 0.963. The highest BCUT2D eigenvalue weighted by atomic mass is 19.1. The molecular formula is C23H27FN2O4. The number of rotatable bonds is 8. The molecule has 0 bridgehead atoms. The number of aliphatic hydroxyl groups is 1. The maximum Gasteiger partial charge on any atom is 0.224 e. The van der Waals surface area contributed by atoms with E-state index in [9.17, 15) is 14.3 Å². The van der Waals surface area contributed by atoms with Crippen LogP contribution in [0.1, 0.15) is 12.0 Å². The molecule has 1 aliphatic rings. The van der Waals surface area contributed by atoms with Crippen molar-refractivity contribution in [2.45, 2.75) is 19.1 Å². The third-order valence-corrected chi connectivity index (χ3v) is 4.97. The lowest BCUT2D eigenvalue weighted by atomic mass is 10.1. The number of β-amino-alcohol motifs (C(OH)–C–C–N with tert-alkyl or cyclic N) is 1. The number of hydrogen-bond donors (Lipinski definition) is 1. The number of hydrogen-bond acceptors (Lipinski definition) is 5. The van der Waals surface area contributed by atoms with E-state index in [0.29, 0.717) is 37.4 Å². The van der Waals surface area contributed by atoms with E-state index >= 15 is 0 Å². The number of ether oxygens (including phenoxy) is 2. The smallest absolute Gasteiger partial charge is 0.224 e. The lowest BCUT2D eigenvalue weighted by molar-refractivity contribution is -0.131. The van der Waals surface area contributed by atoms with Crippen LogP contribution in [0.5, 0.6) is 11.5 Å². The average molecular weight is 414 g/mol. The van der Waals surface area contributed by atoms with Gasteiger partial charge in [-0.05, 0) is 48.0 Å². The topological polar surface area (TPSA) is 62.2 Å². The summed E-state index contributed by atoms with van der Waals surface area (Å²) in [4.78, 5) is 16.1. The van der Waals surface area contributed by atoms with E-state index in [1.807, 2.05) is 4.90 Å². The summed E-state index contributed by atoms with van der Waals surface area (Å²) in [6, 6.07) is 11.6. The second-order valence-electron chi connectivity index (χ2n) is 7.17. The fraction of sp³-hybridized carbons (Fsp3) is 0.348. The van der Waals surface area contributed by atoms with E-state index in [2.05, 4.69) is 6.58 Å². The van der Waals surface area contributed by atoms with E-state index < -0.39 is 6.10 Å². The first kappa shape index (κ1) is 21.6. The Morgan fingerprint density at radius 3 is 2.63 bits per heavy atom. The van der Waals surface area contributed by atoms with Gasteiger partial charge in [0.2, 0.25) is 5.91 Å². The van der Waals surface area contributed by atoms with Crippen molar-refractivity contribution in [3.05, 3.63) is 66.5 Å². The minimum atomic E-state index is -0.788. The Labute approximate surface area is 176 Å². The van der Waals surface area contributed by atoms with Crippen molar-refractivity contribution in [1.82, 2.24) is 4.90 Å². The number of benzene rings is 2. The predicted octanol–water partition coefficient (Wildman–Crippen LogP) is 3.00.